The highest BCUT2D eigenvalue weighted by molar-refractivity contribution is 5.86. The molecule has 1 amide bonds. The van der Waals surface area contributed by atoms with Crippen molar-refractivity contribution in [3.63, 3.8) is 0 Å². The van der Waals surface area contributed by atoms with Gasteiger partial charge in [-0.05, 0) is 43.4 Å². The lowest BCUT2D eigenvalue weighted by Gasteiger charge is -2.37. The molecule has 1 aliphatic heterocycles. The van der Waals surface area contributed by atoms with Crippen molar-refractivity contribution in [2.24, 2.45) is 5.73 Å². The zero-order valence-corrected chi connectivity index (χ0v) is 11.9. The molecular formula is C16H23N3O. The van der Waals surface area contributed by atoms with E-state index in [0.29, 0.717) is 0 Å². The number of likely N-dealkylation sites (tertiary alicyclic amines) is 1. The number of rotatable bonds is 2. The predicted octanol–water partition coefficient (Wildman–Crippen LogP) is 2.41. The van der Waals surface area contributed by atoms with Gasteiger partial charge in [0.2, 0.25) is 5.91 Å². The molecule has 4 nitrogen and oxygen atoms in total. The summed E-state index contributed by atoms with van der Waals surface area (Å²) in [5.74, 6) is 0.163. The molecule has 1 aromatic rings. The highest BCUT2D eigenvalue weighted by Crippen LogP contribution is 2.36. The third-order valence-electron chi connectivity index (χ3n) is 4.78. The molecule has 1 atom stereocenters. The SMILES string of the molecule is NC1(C(=O)N2CCCC2c2ccncc2)CCCCC1. The molecule has 108 valence electrons. The Labute approximate surface area is 120 Å². The molecule has 2 heterocycles. The summed E-state index contributed by atoms with van der Waals surface area (Å²) >= 11 is 0. The number of nitrogens with two attached hydrogens (primary N) is 1. The average Bonchev–Trinajstić information content (AvgIpc) is 2.97. The zero-order chi connectivity index (χ0) is 14.0. The van der Waals surface area contributed by atoms with Gasteiger partial charge in [0.15, 0.2) is 0 Å². The highest BCUT2D eigenvalue weighted by atomic mass is 16.2. The second-order valence-corrected chi connectivity index (χ2v) is 6.15. The standard InChI is InChI=1S/C16H23N3O/c17-16(8-2-1-3-9-16)15(20)19-12-4-5-14(19)13-6-10-18-11-7-13/h6-7,10-11,14H,1-5,8-9,12,17H2. The average molecular weight is 273 g/mol. The van der Waals surface area contributed by atoms with Crippen molar-refractivity contribution in [1.29, 1.82) is 0 Å². The van der Waals surface area contributed by atoms with Crippen molar-refractivity contribution >= 4 is 5.91 Å². The Balaban J connectivity index is 1.80. The highest BCUT2D eigenvalue weighted by Gasteiger charge is 2.42. The summed E-state index contributed by atoms with van der Waals surface area (Å²) in [4.78, 5) is 19.0. The Bertz CT molecular complexity index is 468. The fraction of sp³-hybridized carbons (Fsp3) is 0.625. The van der Waals surface area contributed by atoms with Gasteiger partial charge in [-0.3, -0.25) is 9.78 Å². The molecule has 1 unspecified atom stereocenters. The number of carbonyl (C=O) groups excluding carboxylic acids is 1. The van der Waals surface area contributed by atoms with Gasteiger partial charge in [0.05, 0.1) is 11.6 Å². The number of pyridine rings is 1. The normalized spacial score (nSPS) is 25.6. The molecule has 2 aliphatic rings. The van der Waals surface area contributed by atoms with Gasteiger partial charge in [-0.25, -0.2) is 0 Å². The van der Waals surface area contributed by atoms with Gasteiger partial charge in [0.25, 0.3) is 0 Å². The van der Waals surface area contributed by atoms with Gasteiger partial charge >= 0.3 is 0 Å². The van der Waals surface area contributed by atoms with E-state index in [-0.39, 0.29) is 11.9 Å². The van der Waals surface area contributed by atoms with Crippen LogP contribution in [0.5, 0.6) is 0 Å². The van der Waals surface area contributed by atoms with Gasteiger partial charge in [0.1, 0.15) is 0 Å². The van der Waals surface area contributed by atoms with Crippen LogP contribution in [0.1, 0.15) is 56.6 Å². The number of hydrogen-bond acceptors (Lipinski definition) is 3. The lowest BCUT2D eigenvalue weighted by Crippen LogP contribution is -2.56. The maximum Gasteiger partial charge on any atom is 0.243 e. The molecule has 1 saturated heterocycles. The van der Waals surface area contributed by atoms with E-state index in [9.17, 15) is 4.79 Å². The molecule has 0 spiro atoms. The van der Waals surface area contributed by atoms with E-state index in [1.54, 1.807) is 12.4 Å². The summed E-state index contributed by atoms with van der Waals surface area (Å²) in [7, 11) is 0. The molecule has 0 aromatic carbocycles. The molecule has 1 aliphatic carbocycles. The fourth-order valence-corrected chi connectivity index (χ4v) is 3.62. The molecule has 0 bridgehead atoms. The molecule has 2 fully saturated rings. The van der Waals surface area contributed by atoms with Crippen molar-refractivity contribution < 1.29 is 4.79 Å². The van der Waals surface area contributed by atoms with E-state index in [2.05, 4.69) is 4.98 Å². The number of hydrogen-bond donors (Lipinski definition) is 1. The monoisotopic (exact) mass is 273 g/mol. The van der Waals surface area contributed by atoms with Crippen LogP contribution in [0.15, 0.2) is 24.5 Å². The number of aromatic nitrogens is 1. The van der Waals surface area contributed by atoms with E-state index in [1.165, 1.54) is 12.0 Å². The minimum absolute atomic E-state index is 0.163. The second-order valence-electron chi connectivity index (χ2n) is 6.15. The van der Waals surface area contributed by atoms with E-state index >= 15 is 0 Å². The Morgan fingerprint density at radius 3 is 2.60 bits per heavy atom. The van der Waals surface area contributed by atoms with E-state index in [1.807, 2.05) is 17.0 Å². The smallest absolute Gasteiger partial charge is 0.243 e. The molecular weight excluding hydrogens is 250 g/mol. The molecule has 4 heteroatoms. The Hall–Kier alpha value is -1.42. The van der Waals surface area contributed by atoms with Gasteiger partial charge in [-0.15, -0.1) is 0 Å². The maximum atomic E-state index is 12.9. The van der Waals surface area contributed by atoms with Crippen LogP contribution in [0, 0.1) is 0 Å². The minimum atomic E-state index is -0.617. The third-order valence-corrected chi connectivity index (χ3v) is 4.78. The Morgan fingerprint density at radius 1 is 1.20 bits per heavy atom. The second kappa shape index (κ2) is 5.52. The molecule has 20 heavy (non-hydrogen) atoms. The van der Waals surface area contributed by atoms with Crippen molar-refractivity contribution in [1.82, 2.24) is 9.88 Å². The summed E-state index contributed by atoms with van der Waals surface area (Å²) < 4.78 is 0. The van der Waals surface area contributed by atoms with Crippen LogP contribution in [0.2, 0.25) is 0 Å². The third kappa shape index (κ3) is 2.44. The topological polar surface area (TPSA) is 59.2 Å². The predicted molar refractivity (Wildman–Crippen MR) is 77.9 cm³/mol. The quantitative estimate of drug-likeness (QED) is 0.900. The zero-order valence-electron chi connectivity index (χ0n) is 11.9. The van der Waals surface area contributed by atoms with Crippen molar-refractivity contribution in [3.8, 4) is 0 Å². The first kappa shape index (κ1) is 13.6. The van der Waals surface area contributed by atoms with Gasteiger partial charge in [-0.2, -0.15) is 0 Å². The molecule has 0 radical (unpaired) electrons. The van der Waals surface area contributed by atoms with Crippen LogP contribution in [0.3, 0.4) is 0 Å². The van der Waals surface area contributed by atoms with E-state index < -0.39 is 5.54 Å². The van der Waals surface area contributed by atoms with Gasteiger partial charge in [0, 0.05) is 18.9 Å². The lowest BCUT2D eigenvalue weighted by atomic mass is 9.81. The summed E-state index contributed by atoms with van der Waals surface area (Å²) in [5.41, 5.74) is 6.99. The summed E-state index contributed by atoms with van der Waals surface area (Å²) in [5, 5.41) is 0. The van der Waals surface area contributed by atoms with Crippen LogP contribution in [0.4, 0.5) is 0 Å². The molecule has 3 rings (SSSR count). The van der Waals surface area contributed by atoms with Crippen LogP contribution < -0.4 is 5.73 Å². The van der Waals surface area contributed by atoms with Crippen LogP contribution in [0.25, 0.3) is 0 Å². The first-order valence-electron chi connectivity index (χ1n) is 7.71. The van der Waals surface area contributed by atoms with E-state index in [0.717, 1.165) is 45.1 Å². The summed E-state index contributed by atoms with van der Waals surface area (Å²) in [6.07, 6.45) is 10.7. The summed E-state index contributed by atoms with van der Waals surface area (Å²) in [6.45, 7) is 0.838. The Kier molecular flexibility index (Phi) is 3.74. The molecule has 1 saturated carbocycles. The largest absolute Gasteiger partial charge is 0.334 e. The van der Waals surface area contributed by atoms with Crippen LogP contribution >= 0.6 is 0 Å². The summed E-state index contributed by atoms with van der Waals surface area (Å²) in [6, 6.07) is 4.22. The maximum absolute atomic E-state index is 12.9. The number of carbonyl (C=O) groups is 1. The van der Waals surface area contributed by atoms with E-state index in [4.69, 9.17) is 5.73 Å². The minimum Gasteiger partial charge on any atom is -0.334 e. The van der Waals surface area contributed by atoms with Crippen molar-refractivity contribution in [2.75, 3.05) is 6.54 Å². The molecule has 1 aromatic heterocycles. The van der Waals surface area contributed by atoms with Crippen LogP contribution in [-0.2, 0) is 4.79 Å². The number of amides is 1. The lowest BCUT2D eigenvalue weighted by molar-refractivity contribution is -0.139. The van der Waals surface area contributed by atoms with Crippen molar-refractivity contribution in [2.45, 2.75) is 56.5 Å². The first-order chi connectivity index (χ1) is 9.71. The first-order valence-corrected chi connectivity index (χ1v) is 7.71. The number of nitrogens with zero attached hydrogens (tertiary/aromatic N) is 2. The fourth-order valence-electron chi connectivity index (χ4n) is 3.62. The Morgan fingerprint density at radius 2 is 1.90 bits per heavy atom. The van der Waals surface area contributed by atoms with Gasteiger partial charge in [-0.1, -0.05) is 19.3 Å². The van der Waals surface area contributed by atoms with Gasteiger partial charge < -0.3 is 10.6 Å². The van der Waals surface area contributed by atoms with Crippen molar-refractivity contribution in [3.05, 3.63) is 30.1 Å². The van der Waals surface area contributed by atoms with Crippen LogP contribution in [-0.4, -0.2) is 27.9 Å². The molecule has 2 N–H and O–H groups in total.